The molecule has 31 heavy (non-hydrogen) atoms. The third-order valence-corrected chi connectivity index (χ3v) is 7.13. The molecular weight excluding hydrogens is 436 g/mol. The molecule has 3 aromatic carbocycles. The van der Waals surface area contributed by atoms with E-state index in [2.05, 4.69) is 5.32 Å². The van der Waals surface area contributed by atoms with Gasteiger partial charge in [0.15, 0.2) is 6.10 Å². The van der Waals surface area contributed by atoms with Crippen LogP contribution in [0.2, 0.25) is 5.02 Å². The van der Waals surface area contributed by atoms with Crippen molar-refractivity contribution in [3.05, 3.63) is 82.9 Å². The molecule has 1 N–H and O–H groups in total. The van der Waals surface area contributed by atoms with Gasteiger partial charge in [0.05, 0.1) is 17.1 Å². The Morgan fingerprint density at radius 3 is 2.52 bits per heavy atom. The van der Waals surface area contributed by atoms with Gasteiger partial charge < -0.3 is 10.1 Å². The van der Waals surface area contributed by atoms with Gasteiger partial charge in [-0.25, -0.2) is 8.42 Å². The lowest BCUT2D eigenvalue weighted by molar-refractivity contribution is -0.122. The van der Waals surface area contributed by atoms with E-state index in [-0.39, 0.29) is 11.4 Å². The van der Waals surface area contributed by atoms with Gasteiger partial charge >= 0.3 is 0 Å². The zero-order chi connectivity index (χ0) is 22.2. The second kappa shape index (κ2) is 8.24. The van der Waals surface area contributed by atoms with Crippen LogP contribution in [0.1, 0.15) is 11.1 Å². The lowest BCUT2D eigenvalue weighted by atomic mass is 10.1. The number of hydrogen-bond donors (Lipinski definition) is 1. The fraction of sp³-hybridized carbons (Fsp3) is 0.174. The summed E-state index contributed by atoms with van der Waals surface area (Å²) in [4.78, 5) is 13.1. The summed E-state index contributed by atoms with van der Waals surface area (Å²) in [5.74, 6) is -0.0908. The summed E-state index contributed by atoms with van der Waals surface area (Å²) in [6, 6.07) is 18.4. The van der Waals surface area contributed by atoms with E-state index >= 15 is 0 Å². The van der Waals surface area contributed by atoms with Crippen molar-refractivity contribution in [1.82, 2.24) is 0 Å². The van der Waals surface area contributed by atoms with Crippen LogP contribution in [0.4, 0.5) is 11.4 Å². The lowest BCUT2D eigenvalue weighted by Crippen LogP contribution is -2.48. The van der Waals surface area contributed by atoms with Crippen molar-refractivity contribution in [3.63, 3.8) is 0 Å². The molecular formula is C23H21ClN2O4S. The first kappa shape index (κ1) is 21.2. The maximum Gasteiger partial charge on any atom is 0.267 e. The third-order valence-electron chi connectivity index (χ3n) is 5.08. The first-order chi connectivity index (χ1) is 14.8. The van der Waals surface area contributed by atoms with Crippen LogP contribution in [0, 0.1) is 13.8 Å². The number of carbonyl (C=O) groups is 1. The SMILES string of the molecule is Cc1ccc(C)c(NC(=O)[C@H]2CN(S(=O)(=O)c3ccc(Cl)cc3)c3ccccc3O2)c1. The Balaban J connectivity index is 1.68. The Bertz CT molecular complexity index is 1240. The van der Waals surface area contributed by atoms with Crippen molar-refractivity contribution >= 4 is 38.9 Å². The van der Waals surface area contributed by atoms with Crippen LogP contribution < -0.4 is 14.4 Å². The minimum Gasteiger partial charge on any atom is -0.476 e. The van der Waals surface area contributed by atoms with Gasteiger partial charge in [-0.05, 0) is 67.4 Å². The van der Waals surface area contributed by atoms with Crippen LogP contribution in [0.15, 0.2) is 71.6 Å². The molecule has 1 amide bonds. The van der Waals surface area contributed by atoms with Gasteiger partial charge in [-0.1, -0.05) is 35.9 Å². The topological polar surface area (TPSA) is 75.7 Å². The molecule has 0 radical (unpaired) electrons. The molecule has 8 heteroatoms. The maximum atomic E-state index is 13.4. The van der Waals surface area contributed by atoms with Crippen LogP contribution in [-0.2, 0) is 14.8 Å². The summed E-state index contributed by atoms with van der Waals surface area (Å²) in [7, 11) is -3.93. The highest BCUT2D eigenvalue weighted by atomic mass is 35.5. The van der Waals surface area contributed by atoms with E-state index in [9.17, 15) is 13.2 Å². The second-order valence-electron chi connectivity index (χ2n) is 7.37. The van der Waals surface area contributed by atoms with Crippen molar-refractivity contribution in [2.45, 2.75) is 24.8 Å². The molecule has 0 aliphatic carbocycles. The van der Waals surface area contributed by atoms with Crippen molar-refractivity contribution in [3.8, 4) is 5.75 Å². The predicted octanol–water partition coefficient (Wildman–Crippen LogP) is 4.55. The van der Waals surface area contributed by atoms with Gasteiger partial charge in [0.2, 0.25) is 0 Å². The number of para-hydroxylation sites is 2. The van der Waals surface area contributed by atoms with Crippen LogP contribution in [0.3, 0.4) is 0 Å². The number of nitrogens with one attached hydrogen (secondary N) is 1. The summed E-state index contributed by atoms with van der Waals surface area (Å²) < 4.78 is 33.9. The third kappa shape index (κ3) is 4.24. The molecule has 160 valence electrons. The highest BCUT2D eigenvalue weighted by Gasteiger charge is 2.37. The lowest BCUT2D eigenvalue weighted by Gasteiger charge is -2.34. The molecule has 0 fully saturated rings. The Morgan fingerprint density at radius 1 is 1.06 bits per heavy atom. The number of carbonyl (C=O) groups excluding carboxylic acids is 1. The van der Waals surface area contributed by atoms with Crippen molar-refractivity contribution in [2.24, 2.45) is 0 Å². The Kier molecular flexibility index (Phi) is 5.64. The van der Waals surface area contributed by atoms with Gasteiger partial charge in [-0.2, -0.15) is 0 Å². The van der Waals surface area contributed by atoms with E-state index in [1.54, 1.807) is 24.3 Å². The normalized spacial score (nSPS) is 15.7. The highest BCUT2D eigenvalue weighted by molar-refractivity contribution is 7.92. The van der Waals surface area contributed by atoms with Crippen molar-refractivity contribution in [2.75, 3.05) is 16.2 Å². The summed E-state index contributed by atoms with van der Waals surface area (Å²) >= 11 is 5.91. The van der Waals surface area contributed by atoms with Crippen molar-refractivity contribution in [1.29, 1.82) is 0 Å². The van der Waals surface area contributed by atoms with Gasteiger partial charge in [0.25, 0.3) is 15.9 Å². The molecule has 0 saturated heterocycles. The standard InChI is InChI=1S/C23H21ClN2O4S/c1-15-7-8-16(2)19(13-15)25-23(27)22-14-26(20-5-3-4-6-21(20)30-22)31(28,29)18-11-9-17(24)10-12-18/h3-13,22H,14H2,1-2H3,(H,25,27)/t22-/m1/s1. The van der Waals surface area contributed by atoms with Crippen molar-refractivity contribution < 1.29 is 17.9 Å². The molecule has 0 aromatic heterocycles. The first-order valence-corrected chi connectivity index (χ1v) is 11.5. The average Bonchev–Trinajstić information content (AvgIpc) is 2.75. The smallest absolute Gasteiger partial charge is 0.267 e. The van der Waals surface area contributed by atoms with Gasteiger partial charge in [-0.3, -0.25) is 9.10 Å². The largest absolute Gasteiger partial charge is 0.476 e. The number of hydrogen-bond acceptors (Lipinski definition) is 4. The number of amides is 1. The van der Waals surface area contributed by atoms with Gasteiger partial charge in [0.1, 0.15) is 5.75 Å². The molecule has 1 heterocycles. The van der Waals surface area contributed by atoms with E-state index in [1.165, 1.54) is 28.6 Å². The maximum absolute atomic E-state index is 13.4. The molecule has 1 aliphatic rings. The van der Waals surface area contributed by atoms with Gasteiger partial charge in [0, 0.05) is 10.7 Å². The molecule has 1 aliphatic heterocycles. The monoisotopic (exact) mass is 456 g/mol. The minimum atomic E-state index is -3.93. The number of fused-ring (bicyclic) bond motifs is 1. The van der Waals surface area contributed by atoms with E-state index in [4.69, 9.17) is 16.3 Å². The number of ether oxygens (including phenoxy) is 1. The Hall–Kier alpha value is -3.03. The quantitative estimate of drug-likeness (QED) is 0.624. The number of nitrogens with zero attached hydrogens (tertiary/aromatic N) is 1. The van der Waals surface area contributed by atoms with E-state index < -0.39 is 22.0 Å². The zero-order valence-corrected chi connectivity index (χ0v) is 18.6. The van der Waals surface area contributed by atoms with Gasteiger partial charge in [-0.15, -0.1) is 0 Å². The number of anilines is 2. The second-order valence-corrected chi connectivity index (χ2v) is 9.67. The Morgan fingerprint density at radius 2 is 1.77 bits per heavy atom. The summed E-state index contributed by atoms with van der Waals surface area (Å²) in [5.41, 5.74) is 2.95. The summed E-state index contributed by atoms with van der Waals surface area (Å²) in [6.07, 6.45) is -1.02. The fourth-order valence-corrected chi connectivity index (χ4v) is 4.99. The average molecular weight is 457 g/mol. The molecule has 0 spiro atoms. The molecule has 4 rings (SSSR count). The molecule has 3 aromatic rings. The molecule has 0 bridgehead atoms. The molecule has 1 atom stereocenters. The number of halogens is 1. The van der Waals surface area contributed by atoms with E-state index in [0.29, 0.717) is 22.1 Å². The number of sulfonamides is 1. The number of aryl methyl sites for hydroxylation is 2. The van der Waals surface area contributed by atoms with Crippen LogP contribution in [-0.4, -0.2) is 27.0 Å². The summed E-state index contributed by atoms with van der Waals surface area (Å²) in [5, 5.41) is 3.31. The Labute approximate surface area is 186 Å². The highest BCUT2D eigenvalue weighted by Crippen LogP contribution is 2.37. The molecule has 0 saturated carbocycles. The molecule has 6 nitrogen and oxygen atoms in total. The summed E-state index contributed by atoms with van der Waals surface area (Å²) in [6.45, 7) is 3.67. The van der Waals surface area contributed by atoms with Crippen LogP contribution in [0.5, 0.6) is 5.75 Å². The molecule has 0 unspecified atom stereocenters. The number of benzene rings is 3. The van der Waals surface area contributed by atoms with E-state index in [1.807, 2.05) is 32.0 Å². The predicted molar refractivity (Wildman–Crippen MR) is 121 cm³/mol. The van der Waals surface area contributed by atoms with Crippen LogP contribution in [0.25, 0.3) is 0 Å². The number of rotatable bonds is 4. The zero-order valence-electron chi connectivity index (χ0n) is 17.0. The van der Waals surface area contributed by atoms with Crippen LogP contribution >= 0.6 is 11.6 Å². The first-order valence-electron chi connectivity index (χ1n) is 9.68. The minimum absolute atomic E-state index is 0.0855. The van der Waals surface area contributed by atoms with E-state index in [0.717, 1.165) is 11.1 Å². The fourth-order valence-electron chi connectivity index (χ4n) is 3.38.